The molecule has 0 bridgehead atoms. The van der Waals surface area contributed by atoms with Gasteiger partial charge in [-0.25, -0.2) is 0 Å². The van der Waals surface area contributed by atoms with Crippen molar-refractivity contribution in [1.29, 1.82) is 0 Å². The summed E-state index contributed by atoms with van der Waals surface area (Å²) in [6.45, 7) is 8.98. The summed E-state index contributed by atoms with van der Waals surface area (Å²) in [5.41, 5.74) is 2.52. The number of amides is 2. The van der Waals surface area contributed by atoms with Crippen LogP contribution in [0, 0.1) is 12.8 Å². The fourth-order valence-corrected chi connectivity index (χ4v) is 4.02. The lowest BCUT2D eigenvalue weighted by molar-refractivity contribution is -0.141. The summed E-state index contributed by atoms with van der Waals surface area (Å²) in [6.07, 6.45) is 3.14. The van der Waals surface area contributed by atoms with Gasteiger partial charge in [0.15, 0.2) is 0 Å². The van der Waals surface area contributed by atoms with E-state index in [4.69, 9.17) is 0 Å². The van der Waals surface area contributed by atoms with Gasteiger partial charge in [0.2, 0.25) is 11.8 Å². The van der Waals surface area contributed by atoms with Crippen molar-refractivity contribution < 1.29 is 9.59 Å². The molecule has 2 saturated heterocycles. The fourth-order valence-electron chi connectivity index (χ4n) is 4.02. The van der Waals surface area contributed by atoms with Crippen LogP contribution in [0.4, 0.5) is 5.69 Å². The summed E-state index contributed by atoms with van der Waals surface area (Å²) in [4.78, 5) is 31.2. The van der Waals surface area contributed by atoms with Crippen LogP contribution >= 0.6 is 0 Å². The van der Waals surface area contributed by atoms with E-state index >= 15 is 0 Å². The molecule has 0 saturated carbocycles. The van der Waals surface area contributed by atoms with Crippen molar-refractivity contribution in [1.82, 2.24) is 9.80 Å². The van der Waals surface area contributed by atoms with Gasteiger partial charge in [0.05, 0.1) is 0 Å². The highest BCUT2D eigenvalue weighted by Gasteiger charge is 2.31. The standard InChI is InChI=1S/C21H31N3O2/c1-3-5-20(25)23-10-8-18(9-11-23)21(26)24-14-12-22(13-15-24)19-7-4-6-17(2)16-19/h4,6-7,16,18H,3,5,8-15H2,1-2H3. The summed E-state index contributed by atoms with van der Waals surface area (Å²) in [5, 5.41) is 0. The Bertz CT molecular complexity index is 630. The normalized spacial score (nSPS) is 18.9. The Morgan fingerprint density at radius 1 is 1.00 bits per heavy atom. The van der Waals surface area contributed by atoms with Gasteiger partial charge < -0.3 is 14.7 Å². The van der Waals surface area contributed by atoms with Crippen molar-refractivity contribution in [3.8, 4) is 0 Å². The molecule has 1 aromatic rings. The fraction of sp³-hybridized carbons (Fsp3) is 0.619. The van der Waals surface area contributed by atoms with Gasteiger partial charge in [-0.05, 0) is 43.9 Å². The Kier molecular flexibility index (Phi) is 6.17. The zero-order valence-corrected chi connectivity index (χ0v) is 16.1. The molecule has 0 aliphatic carbocycles. The number of carbonyl (C=O) groups is 2. The second-order valence-electron chi connectivity index (χ2n) is 7.56. The molecule has 0 atom stereocenters. The maximum atomic E-state index is 12.9. The number of likely N-dealkylation sites (tertiary alicyclic amines) is 1. The van der Waals surface area contributed by atoms with Gasteiger partial charge in [-0.1, -0.05) is 19.1 Å². The van der Waals surface area contributed by atoms with Crippen molar-refractivity contribution in [2.75, 3.05) is 44.2 Å². The predicted octanol–water partition coefficient (Wildman–Crippen LogP) is 2.68. The van der Waals surface area contributed by atoms with Crippen LogP contribution in [-0.4, -0.2) is 60.9 Å². The monoisotopic (exact) mass is 357 g/mol. The van der Waals surface area contributed by atoms with E-state index in [9.17, 15) is 9.59 Å². The predicted molar refractivity (Wildman–Crippen MR) is 104 cm³/mol. The Morgan fingerprint density at radius 2 is 1.69 bits per heavy atom. The van der Waals surface area contributed by atoms with E-state index in [1.165, 1.54) is 11.3 Å². The van der Waals surface area contributed by atoms with Gasteiger partial charge in [-0.3, -0.25) is 9.59 Å². The van der Waals surface area contributed by atoms with Crippen LogP contribution in [0.25, 0.3) is 0 Å². The molecular weight excluding hydrogens is 326 g/mol. The van der Waals surface area contributed by atoms with Gasteiger partial charge in [-0.15, -0.1) is 0 Å². The quantitative estimate of drug-likeness (QED) is 0.832. The molecule has 3 rings (SSSR count). The van der Waals surface area contributed by atoms with E-state index in [0.717, 1.165) is 58.5 Å². The molecule has 142 valence electrons. The largest absolute Gasteiger partial charge is 0.368 e. The molecule has 5 heteroatoms. The number of piperazine rings is 1. The number of piperidine rings is 1. The Balaban J connectivity index is 1.48. The molecule has 0 radical (unpaired) electrons. The molecule has 2 heterocycles. The lowest BCUT2D eigenvalue weighted by Crippen LogP contribution is -2.52. The minimum Gasteiger partial charge on any atom is -0.368 e. The van der Waals surface area contributed by atoms with Crippen molar-refractivity contribution in [2.45, 2.75) is 39.5 Å². The lowest BCUT2D eigenvalue weighted by Gasteiger charge is -2.39. The molecule has 5 nitrogen and oxygen atoms in total. The summed E-state index contributed by atoms with van der Waals surface area (Å²) >= 11 is 0. The minimum atomic E-state index is 0.0891. The van der Waals surface area contributed by atoms with Crippen LogP contribution in [-0.2, 0) is 9.59 Å². The van der Waals surface area contributed by atoms with E-state index < -0.39 is 0 Å². The van der Waals surface area contributed by atoms with E-state index in [1.54, 1.807) is 0 Å². The number of carbonyl (C=O) groups excluding carboxylic acids is 2. The van der Waals surface area contributed by atoms with Gasteiger partial charge in [0.25, 0.3) is 0 Å². The number of anilines is 1. The number of benzene rings is 1. The summed E-state index contributed by atoms with van der Waals surface area (Å²) in [5.74, 6) is 0.618. The van der Waals surface area contributed by atoms with Crippen LogP contribution in [0.2, 0.25) is 0 Å². The molecule has 0 N–H and O–H groups in total. The number of aryl methyl sites for hydroxylation is 1. The maximum absolute atomic E-state index is 12.9. The highest BCUT2D eigenvalue weighted by atomic mass is 16.2. The van der Waals surface area contributed by atoms with E-state index in [1.807, 2.05) is 16.7 Å². The Hall–Kier alpha value is -2.04. The number of nitrogens with zero attached hydrogens (tertiary/aromatic N) is 3. The zero-order valence-electron chi connectivity index (χ0n) is 16.1. The molecule has 2 amide bonds. The molecule has 0 spiro atoms. The van der Waals surface area contributed by atoms with Crippen molar-refractivity contribution in [3.05, 3.63) is 29.8 Å². The zero-order chi connectivity index (χ0) is 18.5. The Labute approximate surface area is 156 Å². The molecular formula is C21H31N3O2. The van der Waals surface area contributed by atoms with Gasteiger partial charge in [0.1, 0.15) is 0 Å². The second kappa shape index (κ2) is 8.56. The molecule has 26 heavy (non-hydrogen) atoms. The molecule has 0 aromatic heterocycles. The third kappa shape index (κ3) is 4.37. The second-order valence-corrected chi connectivity index (χ2v) is 7.56. The lowest BCUT2D eigenvalue weighted by atomic mass is 9.94. The van der Waals surface area contributed by atoms with Gasteiger partial charge in [0, 0.05) is 57.3 Å². The summed E-state index contributed by atoms with van der Waals surface area (Å²) in [6, 6.07) is 8.56. The van der Waals surface area contributed by atoms with Crippen LogP contribution in [0.3, 0.4) is 0 Å². The highest BCUT2D eigenvalue weighted by molar-refractivity contribution is 5.80. The van der Waals surface area contributed by atoms with Crippen molar-refractivity contribution in [2.24, 2.45) is 5.92 Å². The third-order valence-electron chi connectivity index (χ3n) is 5.62. The molecule has 1 aromatic carbocycles. The molecule has 2 aliphatic heterocycles. The van der Waals surface area contributed by atoms with Gasteiger partial charge >= 0.3 is 0 Å². The third-order valence-corrected chi connectivity index (χ3v) is 5.62. The van der Waals surface area contributed by atoms with Crippen molar-refractivity contribution in [3.63, 3.8) is 0 Å². The number of rotatable bonds is 4. The first-order valence-corrected chi connectivity index (χ1v) is 9.96. The Morgan fingerprint density at radius 3 is 2.31 bits per heavy atom. The van der Waals surface area contributed by atoms with E-state index in [0.29, 0.717) is 6.42 Å². The summed E-state index contributed by atoms with van der Waals surface area (Å²) in [7, 11) is 0. The maximum Gasteiger partial charge on any atom is 0.225 e. The van der Waals surface area contributed by atoms with E-state index in [-0.39, 0.29) is 17.7 Å². The van der Waals surface area contributed by atoms with Crippen LogP contribution < -0.4 is 4.90 Å². The van der Waals surface area contributed by atoms with Crippen LogP contribution in [0.15, 0.2) is 24.3 Å². The average molecular weight is 357 g/mol. The van der Waals surface area contributed by atoms with Crippen LogP contribution in [0.1, 0.15) is 38.2 Å². The number of hydrogen-bond donors (Lipinski definition) is 0. The summed E-state index contributed by atoms with van der Waals surface area (Å²) < 4.78 is 0. The van der Waals surface area contributed by atoms with E-state index in [2.05, 4.69) is 36.1 Å². The first kappa shape index (κ1) is 18.7. The van der Waals surface area contributed by atoms with Gasteiger partial charge in [-0.2, -0.15) is 0 Å². The topological polar surface area (TPSA) is 43.9 Å². The smallest absolute Gasteiger partial charge is 0.225 e. The number of hydrogen-bond acceptors (Lipinski definition) is 3. The van der Waals surface area contributed by atoms with Crippen molar-refractivity contribution >= 4 is 17.5 Å². The molecule has 0 unspecified atom stereocenters. The first-order chi connectivity index (χ1) is 12.6. The molecule has 2 fully saturated rings. The minimum absolute atomic E-state index is 0.0891. The molecule has 2 aliphatic rings. The van der Waals surface area contributed by atoms with Crippen LogP contribution in [0.5, 0.6) is 0 Å². The average Bonchev–Trinajstić information content (AvgIpc) is 2.68. The SMILES string of the molecule is CCCC(=O)N1CCC(C(=O)N2CCN(c3cccc(C)c3)CC2)CC1. The first-order valence-electron chi connectivity index (χ1n) is 9.96. The highest BCUT2D eigenvalue weighted by Crippen LogP contribution is 2.23.